The Balaban J connectivity index is 1.63. The predicted octanol–water partition coefficient (Wildman–Crippen LogP) is 2.28. The third-order valence-electron chi connectivity index (χ3n) is 5.41. The minimum absolute atomic E-state index is 0.0467. The summed E-state index contributed by atoms with van der Waals surface area (Å²) in [5.41, 5.74) is 8.29. The van der Waals surface area contributed by atoms with E-state index in [0.717, 1.165) is 31.7 Å². The van der Waals surface area contributed by atoms with Gasteiger partial charge in [0.1, 0.15) is 5.82 Å². The number of benzene rings is 2. The fourth-order valence-corrected chi connectivity index (χ4v) is 3.56. The van der Waals surface area contributed by atoms with Crippen LogP contribution in [0.15, 0.2) is 36.4 Å². The molecule has 1 aromatic heterocycles. The summed E-state index contributed by atoms with van der Waals surface area (Å²) >= 11 is 0. The number of amides is 1. The van der Waals surface area contributed by atoms with E-state index in [0.29, 0.717) is 39.6 Å². The molecule has 0 unspecified atom stereocenters. The second-order valence-corrected chi connectivity index (χ2v) is 7.33. The zero-order valence-electron chi connectivity index (χ0n) is 17.4. The van der Waals surface area contributed by atoms with E-state index in [-0.39, 0.29) is 5.91 Å². The van der Waals surface area contributed by atoms with E-state index in [4.69, 9.17) is 15.2 Å². The van der Waals surface area contributed by atoms with Gasteiger partial charge < -0.3 is 25.0 Å². The van der Waals surface area contributed by atoms with Crippen molar-refractivity contribution < 1.29 is 14.3 Å². The Kier molecular flexibility index (Phi) is 5.41. The monoisotopic (exact) mass is 407 g/mol. The summed E-state index contributed by atoms with van der Waals surface area (Å²) in [6.45, 7) is 3.27. The van der Waals surface area contributed by atoms with E-state index in [1.165, 1.54) is 0 Å². The quantitative estimate of drug-likeness (QED) is 0.709. The largest absolute Gasteiger partial charge is 0.493 e. The molecule has 0 atom stereocenters. The van der Waals surface area contributed by atoms with Crippen molar-refractivity contribution in [2.24, 2.45) is 0 Å². The zero-order valence-corrected chi connectivity index (χ0v) is 17.4. The van der Waals surface area contributed by atoms with Gasteiger partial charge in [-0.1, -0.05) is 12.1 Å². The molecule has 8 heteroatoms. The van der Waals surface area contributed by atoms with Gasteiger partial charge in [-0.15, -0.1) is 0 Å². The van der Waals surface area contributed by atoms with Gasteiger partial charge in [0.15, 0.2) is 17.3 Å². The smallest absolute Gasteiger partial charge is 0.253 e. The molecule has 0 aliphatic carbocycles. The number of aromatic nitrogens is 2. The zero-order chi connectivity index (χ0) is 21.3. The number of nitrogens with zero attached hydrogens (tertiary/aromatic N) is 4. The highest BCUT2D eigenvalue weighted by molar-refractivity contribution is 5.95. The Bertz CT molecular complexity index is 1080. The molecule has 1 aliphatic heterocycles. The van der Waals surface area contributed by atoms with Gasteiger partial charge in [-0.05, 0) is 25.2 Å². The molecule has 1 aliphatic rings. The number of hydrogen-bond donors (Lipinski definition) is 1. The molecule has 8 nitrogen and oxygen atoms in total. The van der Waals surface area contributed by atoms with Gasteiger partial charge >= 0.3 is 0 Å². The summed E-state index contributed by atoms with van der Waals surface area (Å²) in [5, 5.41) is 0.693. The second-order valence-electron chi connectivity index (χ2n) is 7.33. The molecule has 3 aromatic rings. The van der Waals surface area contributed by atoms with Crippen LogP contribution in [-0.2, 0) is 0 Å². The minimum atomic E-state index is 0.0467. The first kappa shape index (κ1) is 19.9. The lowest BCUT2D eigenvalue weighted by atomic mass is 10.1. The van der Waals surface area contributed by atoms with Crippen LogP contribution in [-0.4, -0.2) is 73.1 Å². The molecule has 1 saturated heterocycles. The molecule has 1 amide bonds. The molecule has 0 spiro atoms. The van der Waals surface area contributed by atoms with Crippen LogP contribution >= 0.6 is 0 Å². The van der Waals surface area contributed by atoms with E-state index < -0.39 is 0 Å². The van der Waals surface area contributed by atoms with Gasteiger partial charge in [-0.3, -0.25) is 4.79 Å². The number of carbonyl (C=O) groups is 1. The molecule has 2 aromatic carbocycles. The number of fused-ring (bicyclic) bond motifs is 1. The number of carbonyl (C=O) groups excluding carboxylic acids is 1. The Morgan fingerprint density at radius 2 is 1.60 bits per heavy atom. The number of rotatable bonds is 4. The summed E-state index contributed by atoms with van der Waals surface area (Å²) < 4.78 is 10.7. The molecule has 2 heterocycles. The number of piperazine rings is 1. The Hall–Kier alpha value is -3.39. The second kappa shape index (κ2) is 8.16. The van der Waals surface area contributed by atoms with Crippen molar-refractivity contribution in [1.29, 1.82) is 0 Å². The highest BCUT2D eigenvalue weighted by Crippen LogP contribution is 2.34. The number of nitrogens with two attached hydrogens (primary N) is 1. The van der Waals surface area contributed by atoms with Crippen LogP contribution in [0.4, 0.5) is 5.82 Å². The summed E-state index contributed by atoms with van der Waals surface area (Å²) in [7, 11) is 5.21. The van der Waals surface area contributed by atoms with Gasteiger partial charge in [0.05, 0.1) is 19.7 Å². The SMILES string of the molecule is COc1cc2nc(-c3ccc(C(=O)N4CCN(C)CC4)cc3)nc(N)c2cc1OC. The molecule has 0 bridgehead atoms. The lowest BCUT2D eigenvalue weighted by Crippen LogP contribution is -2.47. The lowest BCUT2D eigenvalue weighted by molar-refractivity contribution is 0.0664. The Morgan fingerprint density at radius 3 is 2.23 bits per heavy atom. The van der Waals surface area contributed by atoms with Crippen molar-refractivity contribution in [2.75, 3.05) is 53.2 Å². The number of anilines is 1. The van der Waals surface area contributed by atoms with Crippen LogP contribution in [0.5, 0.6) is 11.5 Å². The summed E-state index contributed by atoms with van der Waals surface area (Å²) in [4.78, 5) is 25.9. The molecule has 0 saturated carbocycles. The first-order chi connectivity index (χ1) is 14.5. The maximum absolute atomic E-state index is 12.7. The molecule has 1 fully saturated rings. The Morgan fingerprint density at radius 1 is 0.967 bits per heavy atom. The van der Waals surface area contributed by atoms with Crippen molar-refractivity contribution in [3.8, 4) is 22.9 Å². The number of likely N-dealkylation sites (N-methyl/N-ethyl adjacent to an activating group) is 1. The fourth-order valence-electron chi connectivity index (χ4n) is 3.56. The average Bonchev–Trinajstić information content (AvgIpc) is 2.78. The van der Waals surface area contributed by atoms with E-state index in [9.17, 15) is 4.79 Å². The van der Waals surface area contributed by atoms with Crippen LogP contribution < -0.4 is 15.2 Å². The van der Waals surface area contributed by atoms with Gasteiger partial charge in [0, 0.05) is 48.8 Å². The third-order valence-corrected chi connectivity index (χ3v) is 5.41. The van der Waals surface area contributed by atoms with E-state index in [1.807, 2.05) is 29.2 Å². The molecule has 30 heavy (non-hydrogen) atoms. The van der Waals surface area contributed by atoms with Crippen LogP contribution in [0.2, 0.25) is 0 Å². The molecule has 0 radical (unpaired) electrons. The van der Waals surface area contributed by atoms with Gasteiger partial charge in [0.2, 0.25) is 0 Å². The highest BCUT2D eigenvalue weighted by Gasteiger charge is 2.20. The highest BCUT2D eigenvalue weighted by atomic mass is 16.5. The first-order valence-corrected chi connectivity index (χ1v) is 9.77. The first-order valence-electron chi connectivity index (χ1n) is 9.77. The number of ether oxygens (including phenoxy) is 2. The maximum atomic E-state index is 12.7. The summed E-state index contributed by atoms with van der Waals surface area (Å²) in [5.74, 6) is 2.03. The number of methoxy groups -OCH3 is 2. The molecule has 4 rings (SSSR count). The van der Waals surface area contributed by atoms with Crippen molar-refractivity contribution in [1.82, 2.24) is 19.8 Å². The van der Waals surface area contributed by atoms with Crippen LogP contribution in [0, 0.1) is 0 Å². The van der Waals surface area contributed by atoms with E-state index in [1.54, 1.807) is 26.4 Å². The number of nitrogen functional groups attached to an aromatic ring is 1. The third kappa shape index (κ3) is 3.73. The maximum Gasteiger partial charge on any atom is 0.253 e. The van der Waals surface area contributed by atoms with Crippen molar-refractivity contribution in [2.45, 2.75) is 0 Å². The van der Waals surface area contributed by atoms with Gasteiger partial charge in [-0.25, -0.2) is 9.97 Å². The molecule has 2 N–H and O–H groups in total. The van der Waals surface area contributed by atoms with Crippen LogP contribution in [0.1, 0.15) is 10.4 Å². The van der Waals surface area contributed by atoms with Crippen LogP contribution in [0.3, 0.4) is 0 Å². The summed E-state index contributed by atoms with van der Waals surface area (Å²) in [6.07, 6.45) is 0. The minimum Gasteiger partial charge on any atom is -0.493 e. The number of hydrogen-bond acceptors (Lipinski definition) is 7. The van der Waals surface area contributed by atoms with E-state index in [2.05, 4.69) is 21.9 Å². The molecule has 156 valence electrons. The predicted molar refractivity (Wildman–Crippen MR) is 116 cm³/mol. The molecular formula is C22H25N5O3. The van der Waals surface area contributed by atoms with Gasteiger partial charge in [-0.2, -0.15) is 0 Å². The van der Waals surface area contributed by atoms with E-state index >= 15 is 0 Å². The fraction of sp³-hybridized carbons (Fsp3) is 0.318. The van der Waals surface area contributed by atoms with Crippen molar-refractivity contribution in [3.05, 3.63) is 42.0 Å². The summed E-state index contributed by atoms with van der Waals surface area (Å²) in [6, 6.07) is 10.9. The van der Waals surface area contributed by atoms with Crippen molar-refractivity contribution >= 4 is 22.6 Å². The van der Waals surface area contributed by atoms with Crippen molar-refractivity contribution in [3.63, 3.8) is 0 Å². The topological polar surface area (TPSA) is 93.8 Å². The average molecular weight is 407 g/mol. The molecular weight excluding hydrogens is 382 g/mol. The van der Waals surface area contributed by atoms with Gasteiger partial charge in [0.25, 0.3) is 5.91 Å². The van der Waals surface area contributed by atoms with Crippen LogP contribution in [0.25, 0.3) is 22.3 Å². The standard InChI is InChI=1S/C22H25N5O3/c1-26-8-10-27(11-9-26)22(28)15-6-4-14(5-7-15)21-24-17-13-19(30-3)18(29-2)12-16(17)20(23)25-21/h4-7,12-13H,8-11H2,1-3H3,(H2,23,24,25). The lowest BCUT2D eigenvalue weighted by Gasteiger charge is -2.32. The normalized spacial score (nSPS) is 14.7. The Labute approximate surface area is 175 Å².